The maximum atomic E-state index is 11.3. The summed E-state index contributed by atoms with van der Waals surface area (Å²) in [5.74, 6) is -13.6. The van der Waals surface area contributed by atoms with E-state index >= 15 is 0 Å². The highest BCUT2D eigenvalue weighted by Gasteiger charge is 2.42. The van der Waals surface area contributed by atoms with E-state index in [1.807, 2.05) is 0 Å². The molecule has 12 atom stereocenters. The van der Waals surface area contributed by atoms with Crippen molar-refractivity contribution < 1.29 is 172 Å². The van der Waals surface area contributed by atoms with Crippen LogP contribution in [0, 0.1) is 71.0 Å². The first-order valence-electron chi connectivity index (χ1n) is 45.3. The minimum atomic E-state index is -0.539. The fraction of sp³-hybridized carbons (Fsp3) is 0.733. The van der Waals surface area contributed by atoms with Gasteiger partial charge in [-0.15, -0.1) is 0 Å². The van der Waals surface area contributed by atoms with E-state index in [9.17, 15) is 115 Å². The lowest BCUT2D eigenvalue weighted by atomic mass is 9.94. The van der Waals surface area contributed by atoms with Crippen molar-refractivity contribution in [2.24, 2.45) is 71.0 Å². The minimum absolute atomic E-state index is 0.0640. The van der Waals surface area contributed by atoms with Crippen LogP contribution in [0.25, 0.3) is 0 Å². The number of cyclic esters (lactones) is 24. The molecule has 12 unspecified atom stereocenters. The Morgan fingerprint density at radius 3 is 0.262 bits per heavy atom. The first-order valence-corrected chi connectivity index (χ1v) is 45.3. The van der Waals surface area contributed by atoms with E-state index in [-0.39, 0.29) is 196 Å². The fourth-order valence-corrected chi connectivity index (χ4v) is 16.7. The van der Waals surface area contributed by atoms with Crippen LogP contribution in [0.1, 0.15) is 347 Å². The van der Waals surface area contributed by atoms with Crippen LogP contribution in [-0.4, -0.2) is 143 Å². The van der Waals surface area contributed by atoms with Gasteiger partial charge in [-0.05, 0) is 77.0 Å². The Morgan fingerprint density at radius 1 is 0.111 bits per heavy atom. The van der Waals surface area contributed by atoms with Gasteiger partial charge in [0, 0.05) is 0 Å². The van der Waals surface area contributed by atoms with Crippen molar-refractivity contribution in [2.45, 2.75) is 347 Å². The van der Waals surface area contributed by atoms with Gasteiger partial charge in [0.2, 0.25) is 0 Å². The normalized spacial score (nSPS) is 25.3. The largest absolute Gasteiger partial charge is 0.393 e. The second kappa shape index (κ2) is 55.3. The van der Waals surface area contributed by atoms with Crippen LogP contribution in [0.3, 0.4) is 0 Å². The van der Waals surface area contributed by atoms with Gasteiger partial charge in [-0.1, -0.05) is 193 Å². The zero-order valence-corrected chi connectivity index (χ0v) is 71.8. The number of hydrogen-bond acceptors (Lipinski definition) is 36. The third kappa shape index (κ3) is 38.5. The molecule has 12 aliphatic rings. The van der Waals surface area contributed by atoms with E-state index in [2.05, 4.69) is 56.8 Å². The smallest absolute Gasteiger partial charge is 0.317 e. The molecule has 0 N–H and O–H groups in total. The van der Waals surface area contributed by atoms with Crippen molar-refractivity contribution >= 4 is 143 Å². The molecule has 12 saturated heterocycles. The predicted molar refractivity (Wildman–Crippen MR) is 424 cm³/mol. The molecule has 0 saturated carbocycles. The molecule has 36 nitrogen and oxygen atoms in total. The Bertz CT molecular complexity index is 3670. The fourth-order valence-electron chi connectivity index (χ4n) is 16.7. The molecule has 0 aromatic rings. The monoisotopic (exact) mass is 1780 g/mol. The van der Waals surface area contributed by atoms with Gasteiger partial charge in [0.1, 0.15) is 0 Å². The van der Waals surface area contributed by atoms with Crippen LogP contribution in [0.4, 0.5) is 0 Å². The SMILES string of the molecule is O=C1CC(CCC2CC(=O)OC2=O)C(=O)O1.O=C1CC(CCCCC2CC(=O)OC2=O)C(=O)O1.O=C1CC(CCCCCCC2CC(=O)OC2=O)C(=O)O1.O=C1CC(CCCCCCCCC2CC(=O)OC2=O)C(=O)O1.O=C1CC(CCCCCCCCCCC2CC(=O)OC2=O)C(=O)O1.O=C1CC(CCCCCCCCCCCCC2CC(=O)OC2=O)C(=O)O1. The zero-order chi connectivity index (χ0) is 91.5. The second-order valence-electron chi connectivity index (χ2n) is 34.4. The molecule has 36 heteroatoms. The molecule has 0 aromatic carbocycles. The van der Waals surface area contributed by atoms with Crippen molar-refractivity contribution in [3.05, 3.63) is 0 Å². The summed E-state index contributed by atoms with van der Waals surface area (Å²) >= 11 is 0. The summed E-state index contributed by atoms with van der Waals surface area (Å²) < 4.78 is 53.8. The molecular weight excluding hydrogens is 1660 g/mol. The van der Waals surface area contributed by atoms with Gasteiger partial charge in [0.05, 0.1) is 148 Å². The molecule has 126 heavy (non-hydrogen) atoms. The molecule has 12 heterocycles. The Hall–Kier alpha value is -10.3. The summed E-state index contributed by atoms with van der Waals surface area (Å²) in [5.41, 5.74) is 0. The Morgan fingerprint density at radius 2 is 0.183 bits per heavy atom. The van der Waals surface area contributed by atoms with E-state index in [0.29, 0.717) is 38.5 Å². The molecule has 0 aromatic heterocycles. The van der Waals surface area contributed by atoms with Crippen molar-refractivity contribution in [2.75, 3.05) is 0 Å². The quantitative estimate of drug-likeness (QED) is 0.0236. The van der Waals surface area contributed by atoms with Gasteiger partial charge in [0.25, 0.3) is 0 Å². The van der Waals surface area contributed by atoms with Gasteiger partial charge in [0.15, 0.2) is 0 Å². The zero-order valence-electron chi connectivity index (χ0n) is 71.8. The van der Waals surface area contributed by atoms with Crippen LogP contribution in [0.15, 0.2) is 0 Å². The molecule has 12 rings (SSSR count). The Balaban J connectivity index is 0.000000209. The predicted octanol–water partition coefficient (Wildman–Crippen LogP) is 11.4. The van der Waals surface area contributed by atoms with E-state index < -0.39 is 95.4 Å². The number of ether oxygens (including phenoxy) is 12. The second-order valence-corrected chi connectivity index (χ2v) is 34.4. The first kappa shape index (κ1) is 103. The molecule has 0 amide bonds. The molecule has 0 bridgehead atoms. The lowest BCUT2D eigenvalue weighted by molar-refractivity contribution is -0.155. The van der Waals surface area contributed by atoms with Gasteiger partial charge < -0.3 is 56.8 Å². The number of carbonyl (C=O) groups is 24. The number of unbranched alkanes of at least 4 members (excludes halogenated alkanes) is 25. The molecular formula is C90H120O36. The maximum Gasteiger partial charge on any atom is 0.317 e. The van der Waals surface area contributed by atoms with Gasteiger partial charge >= 0.3 is 143 Å². The van der Waals surface area contributed by atoms with Crippen LogP contribution in [-0.2, 0) is 172 Å². The third-order valence-electron chi connectivity index (χ3n) is 24.2. The highest BCUT2D eigenvalue weighted by atomic mass is 16.6. The highest BCUT2D eigenvalue weighted by molar-refractivity contribution is 6.00. The first-order chi connectivity index (χ1) is 60.4. The summed E-state index contributed by atoms with van der Waals surface area (Å²) in [6, 6.07) is 0. The Kier molecular flexibility index (Phi) is 45.1. The van der Waals surface area contributed by atoms with Crippen molar-refractivity contribution in [3.8, 4) is 0 Å². The summed E-state index contributed by atoms with van der Waals surface area (Å²) in [6.45, 7) is 0. The lowest BCUT2D eigenvalue weighted by Gasteiger charge is -2.06. The van der Waals surface area contributed by atoms with Crippen LogP contribution >= 0.6 is 0 Å². The number of carbonyl (C=O) groups excluding carboxylic acids is 24. The number of rotatable bonds is 48. The summed E-state index contributed by atoms with van der Waals surface area (Å²) in [7, 11) is 0. The Labute approximate surface area is 729 Å². The summed E-state index contributed by atoms with van der Waals surface area (Å²) in [4.78, 5) is 266. The van der Waals surface area contributed by atoms with Crippen LogP contribution < -0.4 is 0 Å². The molecule has 12 fully saturated rings. The molecule has 0 spiro atoms. The van der Waals surface area contributed by atoms with Crippen molar-refractivity contribution in [1.82, 2.24) is 0 Å². The molecule has 696 valence electrons. The highest BCUT2D eigenvalue weighted by Crippen LogP contribution is 2.34. The van der Waals surface area contributed by atoms with Gasteiger partial charge in [-0.25, -0.2) is 0 Å². The third-order valence-corrected chi connectivity index (χ3v) is 24.2. The van der Waals surface area contributed by atoms with Crippen LogP contribution in [0.5, 0.6) is 0 Å². The summed E-state index contributed by atoms with van der Waals surface area (Å²) in [6.07, 6.45) is 41.3. The van der Waals surface area contributed by atoms with E-state index in [1.165, 1.54) is 38.5 Å². The number of hydrogen-bond donors (Lipinski definition) is 0. The topological polar surface area (TPSA) is 520 Å². The molecule has 0 radical (unpaired) electrons. The van der Waals surface area contributed by atoms with E-state index in [0.717, 1.165) is 193 Å². The summed E-state index contributed by atoms with van der Waals surface area (Å²) in [5, 5.41) is 0. The lowest BCUT2D eigenvalue weighted by Crippen LogP contribution is -2.13. The maximum absolute atomic E-state index is 11.3. The van der Waals surface area contributed by atoms with Gasteiger partial charge in [-0.2, -0.15) is 0 Å². The molecule has 0 aliphatic carbocycles. The minimum Gasteiger partial charge on any atom is -0.393 e. The van der Waals surface area contributed by atoms with Gasteiger partial charge in [-0.3, -0.25) is 115 Å². The molecule has 12 aliphatic heterocycles. The average Bonchev–Trinajstić information content (AvgIpc) is 1.74. The van der Waals surface area contributed by atoms with Crippen molar-refractivity contribution in [3.63, 3.8) is 0 Å². The van der Waals surface area contributed by atoms with E-state index in [1.54, 1.807) is 0 Å². The van der Waals surface area contributed by atoms with Crippen LogP contribution in [0.2, 0.25) is 0 Å². The van der Waals surface area contributed by atoms with E-state index in [4.69, 9.17) is 0 Å². The van der Waals surface area contributed by atoms with Crippen molar-refractivity contribution in [1.29, 1.82) is 0 Å². The number of esters is 24. The average molecular weight is 1780 g/mol. The standard InChI is InChI=1S/C20H30O6.C18H26O6.C16H22O6.C14H18O6.C12H14O6.C10H10O6/c21-17-13-15(19(23)25-17)11-9-7-5-3-1-2-4-6-8-10-12-16-14-18(22)26-20(16)24;19-15-11-13(17(21)23-15)9-7-5-3-1-2-4-6-8-10-14-12-16(20)24-18(14)22;17-13-9-11(15(19)21-13)7-5-3-1-2-4-6-8-12-10-14(18)22-16(12)20;15-11-7-9(13(17)19-11)5-3-1-2-4-6-10-8-12(16)20-14(10)18;13-9-5-7(11(15)17-9)3-1-2-4-8-6-10(14)18-12(8)16;11-7-3-5(9(13)15-7)1-2-6-4-8(12)16-10(6)14/h15-16H,1-14H2;13-14H,1-12H2;11-12H,1-10H2;9-10H,1-8H2;7-8H,1-6H2;5-6H,1-4H2.